The van der Waals surface area contributed by atoms with Crippen LogP contribution >= 0.6 is 0 Å². The highest BCUT2D eigenvalue weighted by molar-refractivity contribution is 5.99. The Kier molecular flexibility index (Phi) is 4.06. The highest BCUT2D eigenvalue weighted by Crippen LogP contribution is 2.45. The van der Waals surface area contributed by atoms with E-state index < -0.39 is 5.92 Å². The van der Waals surface area contributed by atoms with Gasteiger partial charge in [0.2, 0.25) is 5.88 Å². The van der Waals surface area contributed by atoms with Gasteiger partial charge in [-0.15, -0.1) is 0 Å². The first kappa shape index (κ1) is 16.1. The van der Waals surface area contributed by atoms with Gasteiger partial charge in [0.15, 0.2) is 5.78 Å². The molecule has 1 aliphatic heterocycles. The van der Waals surface area contributed by atoms with Crippen LogP contribution in [0.2, 0.25) is 0 Å². The van der Waals surface area contributed by atoms with E-state index in [1.165, 1.54) is 0 Å². The lowest BCUT2D eigenvalue weighted by atomic mass is 9.76. The lowest BCUT2D eigenvalue weighted by Gasteiger charge is -2.32. The van der Waals surface area contributed by atoms with E-state index in [1.54, 1.807) is 7.11 Å². The monoisotopic (exact) mass is 324 g/mol. The van der Waals surface area contributed by atoms with Crippen LogP contribution in [-0.4, -0.2) is 12.9 Å². The largest absolute Gasteiger partial charge is 0.496 e. The summed E-state index contributed by atoms with van der Waals surface area (Å²) in [5.41, 5.74) is 9.75. The van der Waals surface area contributed by atoms with E-state index in [1.807, 2.05) is 26.0 Å². The number of hydrogen-bond acceptors (Lipinski definition) is 5. The van der Waals surface area contributed by atoms with Crippen LogP contribution in [0.25, 0.3) is 0 Å². The predicted octanol–water partition coefficient (Wildman–Crippen LogP) is 3.13. The van der Waals surface area contributed by atoms with Crippen molar-refractivity contribution in [2.75, 3.05) is 7.11 Å². The van der Waals surface area contributed by atoms with E-state index >= 15 is 0 Å². The van der Waals surface area contributed by atoms with Crippen LogP contribution in [0.15, 0.2) is 34.9 Å². The van der Waals surface area contributed by atoms with Crippen LogP contribution in [0.4, 0.5) is 0 Å². The standard InChI is InChI=1S/C19H20N2O3/c1-10-11(2)15(23-3)8-7-12(10)17-13(9-20)19(21)24-16-6-4-5-14(22)18(16)17/h7-8,17H,4-6,21H2,1-3H3/t17-/m0/s1. The van der Waals surface area contributed by atoms with Crippen molar-refractivity contribution in [2.24, 2.45) is 5.73 Å². The Morgan fingerprint density at radius 2 is 2.04 bits per heavy atom. The molecule has 0 fully saturated rings. The molecule has 1 atom stereocenters. The molecule has 1 aromatic rings. The fourth-order valence-corrected chi connectivity index (χ4v) is 3.52. The Hall–Kier alpha value is -2.74. The summed E-state index contributed by atoms with van der Waals surface area (Å²) in [5, 5.41) is 9.60. The van der Waals surface area contributed by atoms with Crippen LogP contribution in [0.5, 0.6) is 5.75 Å². The number of ketones is 1. The molecule has 2 N–H and O–H groups in total. The SMILES string of the molecule is COc1ccc([C@H]2C(C#N)=C(N)OC3=C2C(=O)CCC3)c(C)c1C. The number of carbonyl (C=O) groups excluding carboxylic acids is 1. The second-order valence-electron chi connectivity index (χ2n) is 6.15. The molecule has 0 bridgehead atoms. The molecular formula is C19H20N2O3. The highest BCUT2D eigenvalue weighted by atomic mass is 16.5. The van der Waals surface area contributed by atoms with Gasteiger partial charge in [0.25, 0.3) is 0 Å². The zero-order valence-electron chi connectivity index (χ0n) is 14.1. The van der Waals surface area contributed by atoms with Crippen molar-refractivity contribution in [1.29, 1.82) is 5.26 Å². The molecule has 0 saturated carbocycles. The lowest BCUT2D eigenvalue weighted by molar-refractivity contribution is -0.116. The summed E-state index contributed by atoms with van der Waals surface area (Å²) in [6.07, 6.45) is 1.90. The summed E-state index contributed by atoms with van der Waals surface area (Å²) >= 11 is 0. The van der Waals surface area contributed by atoms with Crippen molar-refractivity contribution < 1.29 is 14.3 Å². The quantitative estimate of drug-likeness (QED) is 0.903. The summed E-state index contributed by atoms with van der Waals surface area (Å²) in [5.74, 6) is 1.07. The minimum Gasteiger partial charge on any atom is -0.496 e. The third-order valence-corrected chi connectivity index (χ3v) is 4.92. The van der Waals surface area contributed by atoms with Gasteiger partial charge in [-0.05, 0) is 43.0 Å². The predicted molar refractivity (Wildman–Crippen MR) is 89.0 cm³/mol. The normalized spacial score (nSPS) is 20.4. The van der Waals surface area contributed by atoms with Crippen molar-refractivity contribution in [1.82, 2.24) is 0 Å². The van der Waals surface area contributed by atoms with Crippen molar-refractivity contribution >= 4 is 5.78 Å². The maximum Gasteiger partial charge on any atom is 0.205 e. The van der Waals surface area contributed by atoms with Gasteiger partial charge in [-0.2, -0.15) is 5.26 Å². The van der Waals surface area contributed by atoms with E-state index in [4.69, 9.17) is 15.2 Å². The summed E-state index contributed by atoms with van der Waals surface area (Å²) in [7, 11) is 1.62. The van der Waals surface area contributed by atoms with Gasteiger partial charge in [0, 0.05) is 18.4 Å². The number of Topliss-reactive ketones (excluding diaryl/α,β-unsaturated/α-hetero) is 1. The van der Waals surface area contributed by atoms with Gasteiger partial charge in [0.1, 0.15) is 23.2 Å². The van der Waals surface area contributed by atoms with Crippen molar-refractivity contribution in [3.8, 4) is 11.8 Å². The number of methoxy groups -OCH3 is 1. The van der Waals surface area contributed by atoms with Gasteiger partial charge in [-0.3, -0.25) is 4.79 Å². The van der Waals surface area contributed by atoms with Crippen LogP contribution in [0.3, 0.4) is 0 Å². The van der Waals surface area contributed by atoms with Crippen molar-refractivity contribution in [3.63, 3.8) is 0 Å². The fourth-order valence-electron chi connectivity index (χ4n) is 3.52. The topological polar surface area (TPSA) is 85.3 Å². The molecule has 0 aromatic heterocycles. The molecule has 124 valence electrons. The van der Waals surface area contributed by atoms with E-state index in [0.717, 1.165) is 28.9 Å². The maximum absolute atomic E-state index is 12.6. The maximum atomic E-state index is 12.6. The summed E-state index contributed by atoms with van der Waals surface area (Å²) < 4.78 is 11.0. The number of ether oxygens (including phenoxy) is 2. The second-order valence-corrected chi connectivity index (χ2v) is 6.15. The molecule has 1 aliphatic carbocycles. The smallest absolute Gasteiger partial charge is 0.205 e. The van der Waals surface area contributed by atoms with Crippen LogP contribution in [0.1, 0.15) is 41.9 Å². The number of hydrogen-bond donors (Lipinski definition) is 1. The molecule has 0 saturated heterocycles. The first-order chi connectivity index (χ1) is 11.5. The molecule has 5 heteroatoms. The third kappa shape index (κ3) is 2.35. The number of carbonyl (C=O) groups is 1. The second kappa shape index (κ2) is 6.04. The van der Waals surface area contributed by atoms with Gasteiger partial charge in [0.05, 0.1) is 13.0 Å². The average molecular weight is 324 g/mol. The Labute approximate surface area is 141 Å². The first-order valence-electron chi connectivity index (χ1n) is 7.97. The average Bonchev–Trinajstić information content (AvgIpc) is 2.56. The minimum absolute atomic E-state index is 0.0365. The summed E-state index contributed by atoms with van der Waals surface area (Å²) in [4.78, 5) is 12.6. The van der Waals surface area contributed by atoms with Gasteiger partial charge in [-0.1, -0.05) is 6.07 Å². The number of nitrogens with zero attached hydrogens (tertiary/aromatic N) is 1. The van der Waals surface area contributed by atoms with E-state index in [0.29, 0.717) is 29.7 Å². The molecule has 0 unspecified atom stereocenters. The summed E-state index contributed by atoms with van der Waals surface area (Å²) in [6.45, 7) is 3.94. The lowest BCUT2D eigenvalue weighted by Crippen LogP contribution is -2.27. The first-order valence-corrected chi connectivity index (χ1v) is 7.97. The van der Waals surface area contributed by atoms with Gasteiger partial charge >= 0.3 is 0 Å². The minimum atomic E-state index is -0.462. The molecule has 24 heavy (non-hydrogen) atoms. The number of nitrogens with two attached hydrogens (primary N) is 1. The van der Waals surface area contributed by atoms with E-state index in [2.05, 4.69) is 6.07 Å². The van der Waals surface area contributed by atoms with E-state index in [9.17, 15) is 10.1 Å². The van der Waals surface area contributed by atoms with E-state index in [-0.39, 0.29) is 11.7 Å². The summed E-state index contributed by atoms with van der Waals surface area (Å²) in [6, 6.07) is 5.92. The Balaban J connectivity index is 2.24. The molecule has 5 nitrogen and oxygen atoms in total. The number of rotatable bonds is 2. The molecule has 0 spiro atoms. The van der Waals surface area contributed by atoms with Gasteiger partial charge < -0.3 is 15.2 Å². The highest BCUT2D eigenvalue weighted by Gasteiger charge is 2.38. The number of allylic oxidation sites excluding steroid dienone is 3. The Bertz CT molecular complexity index is 828. The Morgan fingerprint density at radius 3 is 2.71 bits per heavy atom. The van der Waals surface area contributed by atoms with Crippen LogP contribution in [0, 0.1) is 25.2 Å². The van der Waals surface area contributed by atoms with Crippen molar-refractivity contribution in [3.05, 3.63) is 51.6 Å². The molecule has 0 radical (unpaired) electrons. The zero-order valence-corrected chi connectivity index (χ0v) is 14.1. The van der Waals surface area contributed by atoms with Gasteiger partial charge in [-0.25, -0.2) is 0 Å². The number of benzene rings is 1. The molecular weight excluding hydrogens is 304 g/mol. The zero-order chi connectivity index (χ0) is 17.4. The number of nitriles is 1. The molecule has 1 heterocycles. The van der Waals surface area contributed by atoms with Crippen LogP contribution < -0.4 is 10.5 Å². The third-order valence-electron chi connectivity index (χ3n) is 4.92. The molecule has 2 aliphatic rings. The van der Waals surface area contributed by atoms with Crippen LogP contribution in [-0.2, 0) is 9.53 Å². The Morgan fingerprint density at radius 1 is 1.29 bits per heavy atom. The molecule has 0 amide bonds. The molecule has 3 rings (SSSR count). The fraction of sp³-hybridized carbons (Fsp3) is 0.368. The molecule has 1 aromatic carbocycles. The van der Waals surface area contributed by atoms with Crippen molar-refractivity contribution in [2.45, 2.75) is 39.0 Å².